The summed E-state index contributed by atoms with van der Waals surface area (Å²) in [5.74, 6) is -0.676. The van der Waals surface area contributed by atoms with Crippen molar-refractivity contribution in [3.8, 4) is 0 Å². The highest BCUT2D eigenvalue weighted by atomic mass is 35.5. The van der Waals surface area contributed by atoms with Gasteiger partial charge in [-0.1, -0.05) is 48.0 Å². The zero-order valence-corrected chi connectivity index (χ0v) is 19.0. The SMILES string of the molecule is C=C(C)C=CCC(=O)N1CCC1(C)C(=O)N(CCc1n[nH]c(=O)o1)Cc1ccc(Cl)cc1. The number of rotatable bonds is 9. The van der Waals surface area contributed by atoms with E-state index in [-0.39, 0.29) is 37.1 Å². The maximum absolute atomic E-state index is 13.6. The van der Waals surface area contributed by atoms with Gasteiger partial charge in [0.1, 0.15) is 5.54 Å². The summed E-state index contributed by atoms with van der Waals surface area (Å²) in [6.07, 6.45) is 4.62. The van der Waals surface area contributed by atoms with Gasteiger partial charge in [-0.2, -0.15) is 0 Å². The summed E-state index contributed by atoms with van der Waals surface area (Å²) in [7, 11) is 0. The van der Waals surface area contributed by atoms with Crippen LogP contribution in [0.1, 0.15) is 38.1 Å². The van der Waals surface area contributed by atoms with Gasteiger partial charge in [-0.15, -0.1) is 5.10 Å². The van der Waals surface area contributed by atoms with Crippen molar-refractivity contribution >= 4 is 23.4 Å². The lowest BCUT2D eigenvalue weighted by molar-refractivity contribution is -0.164. The Kier molecular flexibility index (Phi) is 7.35. The Morgan fingerprint density at radius 1 is 1.38 bits per heavy atom. The molecule has 0 saturated carbocycles. The molecule has 1 aromatic carbocycles. The first-order chi connectivity index (χ1) is 15.2. The number of carbonyl (C=O) groups excluding carboxylic acids is 2. The zero-order valence-electron chi connectivity index (χ0n) is 18.3. The van der Waals surface area contributed by atoms with E-state index in [1.165, 1.54) is 0 Å². The van der Waals surface area contributed by atoms with Crippen molar-refractivity contribution in [3.05, 3.63) is 75.6 Å². The third kappa shape index (κ3) is 5.56. The predicted molar refractivity (Wildman–Crippen MR) is 121 cm³/mol. The van der Waals surface area contributed by atoms with Crippen molar-refractivity contribution in [2.24, 2.45) is 0 Å². The molecule has 0 radical (unpaired) electrons. The molecule has 3 rings (SSSR count). The van der Waals surface area contributed by atoms with Gasteiger partial charge in [0.2, 0.25) is 17.7 Å². The molecule has 2 heterocycles. The van der Waals surface area contributed by atoms with E-state index in [1.807, 2.05) is 19.1 Å². The van der Waals surface area contributed by atoms with E-state index >= 15 is 0 Å². The average molecular weight is 459 g/mol. The topological polar surface area (TPSA) is 99.5 Å². The normalized spacial score (nSPS) is 17.9. The number of hydrogen-bond donors (Lipinski definition) is 1. The van der Waals surface area contributed by atoms with Crippen LogP contribution < -0.4 is 5.76 Å². The third-order valence-electron chi connectivity index (χ3n) is 5.53. The van der Waals surface area contributed by atoms with E-state index in [0.29, 0.717) is 24.5 Å². The molecule has 2 amide bonds. The Balaban J connectivity index is 1.76. The monoisotopic (exact) mass is 458 g/mol. The zero-order chi connectivity index (χ0) is 23.3. The number of benzene rings is 1. The second-order valence-corrected chi connectivity index (χ2v) is 8.57. The Morgan fingerprint density at radius 3 is 2.66 bits per heavy atom. The maximum Gasteiger partial charge on any atom is 0.434 e. The van der Waals surface area contributed by atoms with E-state index < -0.39 is 11.3 Å². The predicted octanol–water partition coefficient (Wildman–Crippen LogP) is 3.10. The summed E-state index contributed by atoms with van der Waals surface area (Å²) in [4.78, 5) is 40.8. The largest absolute Gasteiger partial charge is 0.434 e. The molecule has 1 aliphatic rings. The van der Waals surface area contributed by atoms with Gasteiger partial charge < -0.3 is 14.2 Å². The molecule has 1 unspecified atom stereocenters. The van der Waals surface area contributed by atoms with Gasteiger partial charge in [-0.05, 0) is 38.0 Å². The minimum absolute atomic E-state index is 0.102. The van der Waals surface area contributed by atoms with Crippen molar-refractivity contribution in [2.45, 2.75) is 45.2 Å². The van der Waals surface area contributed by atoms with Crippen molar-refractivity contribution in [1.82, 2.24) is 20.0 Å². The minimum Gasteiger partial charge on any atom is -0.392 e. The van der Waals surface area contributed by atoms with Gasteiger partial charge in [0, 0.05) is 37.5 Å². The molecule has 1 atom stereocenters. The van der Waals surface area contributed by atoms with Crippen LogP contribution in [0.2, 0.25) is 5.02 Å². The van der Waals surface area contributed by atoms with Crippen LogP contribution in [0.15, 0.2) is 57.8 Å². The fourth-order valence-corrected chi connectivity index (χ4v) is 3.78. The molecule has 0 aliphatic carbocycles. The Labute approximate surface area is 191 Å². The number of H-pyrrole nitrogens is 1. The standard InChI is InChI=1S/C23H27ClN4O4/c1-16(2)5-4-6-20(29)28-14-12-23(28,3)21(30)27(13-11-19-25-26-22(31)32-19)15-17-7-9-18(24)10-8-17/h4-5,7-10H,1,6,11-15H2,2-3H3,(H,26,31). The third-order valence-corrected chi connectivity index (χ3v) is 5.78. The van der Waals surface area contributed by atoms with Crippen molar-refractivity contribution in [1.29, 1.82) is 0 Å². The second-order valence-electron chi connectivity index (χ2n) is 8.13. The van der Waals surface area contributed by atoms with E-state index in [2.05, 4.69) is 16.8 Å². The first kappa shape index (κ1) is 23.5. The maximum atomic E-state index is 13.6. The molecule has 170 valence electrons. The van der Waals surface area contributed by atoms with Crippen LogP contribution in [0.3, 0.4) is 0 Å². The minimum atomic E-state index is -0.924. The number of nitrogens with zero attached hydrogens (tertiary/aromatic N) is 3. The van der Waals surface area contributed by atoms with E-state index in [4.69, 9.17) is 16.0 Å². The Hall–Kier alpha value is -3.13. The lowest BCUT2D eigenvalue weighted by Crippen LogP contribution is -2.67. The van der Waals surface area contributed by atoms with Crippen molar-refractivity contribution in [3.63, 3.8) is 0 Å². The first-order valence-electron chi connectivity index (χ1n) is 10.4. The molecular formula is C23H27ClN4O4. The number of amides is 2. The van der Waals surface area contributed by atoms with E-state index in [0.717, 1.165) is 11.1 Å². The molecular weight excluding hydrogens is 432 g/mol. The molecule has 1 aliphatic heterocycles. The number of hydrogen-bond acceptors (Lipinski definition) is 5. The number of likely N-dealkylation sites (tertiary alicyclic amines) is 1. The molecule has 0 bridgehead atoms. The summed E-state index contributed by atoms with van der Waals surface area (Å²) in [5.41, 5.74) is 0.836. The fraction of sp³-hybridized carbons (Fsp3) is 0.391. The molecule has 9 heteroatoms. The van der Waals surface area contributed by atoms with Gasteiger partial charge in [-0.25, -0.2) is 9.89 Å². The van der Waals surface area contributed by atoms with Crippen LogP contribution in [0.5, 0.6) is 0 Å². The van der Waals surface area contributed by atoms with Gasteiger partial charge in [0.05, 0.1) is 0 Å². The van der Waals surface area contributed by atoms with Gasteiger partial charge >= 0.3 is 5.76 Å². The van der Waals surface area contributed by atoms with Crippen molar-refractivity contribution in [2.75, 3.05) is 13.1 Å². The van der Waals surface area contributed by atoms with Crippen LogP contribution in [-0.2, 0) is 22.6 Å². The number of allylic oxidation sites excluding steroid dienone is 2. The molecule has 1 saturated heterocycles. The smallest absolute Gasteiger partial charge is 0.392 e. The molecule has 1 fully saturated rings. The van der Waals surface area contributed by atoms with Gasteiger partial charge in [-0.3, -0.25) is 9.59 Å². The Bertz CT molecular complexity index is 1070. The molecule has 32 heavy (non-hydrogen) atoms. The summed E-state index contributed by atoms with van der Waals surface area (Å²) in [6.45, 7) is 8.58. The molecule has 1 aromatic heterocycles. The van der Waals surface area contributed by atoms with Crippen LogP contribution >= 0.6 is 11.6 Å². The second kappa shape index (κ2) is 9.99. The molecule has 1 N–H and O–H groups in total. The number of aromatic amines is 1. The van der Waals surface area contributed by atoms with Crippen LogP contribution in [-0.4, -0.2) is 50.4 Å². The lowest BCUT2D eigenvalue weighted by Gasteiger charge is -2.51. The number of halogens is 1. The summed E-state index contributed by atoms with van der Waals surface area (Å²) >= 11 is 5.98. The van der Waals surface area contributed by atoms with Gasteiger partial charge in [0.25, 0.3) is 0 Å². The summed E-state index contributed by atoms with van der Waals surface area (Å²) in [5, 5.41) is 6.64. The molecule has 2 aromatic rings. The van der Waals surface area contributed by atoms with Crippen molar-refractivity contribution < 1.29 is 14.0 Å². The first-order valence-corrected chi connectivity index (χ1v) is 10.8. The summed E-state index contributed by atoms with van der Waals surface area (Å²) < 4.78 is 4.97. The van der Waals surface area contributed by atoms with Crippen LogP contribution in [0, 0.1) is 0 Å². The molecule has 8 nitrogen and oxygen atoms in total. The number of nitrogens with one attached hydrogen (secondary N) is 1. The highest BCUT2D eigenvalue weighted by Crippen LogP contribution is 2.33. The Morgan fingerprint density at radius 2 is 2.09 bits per heavy atom. The van der Waals surface area contributed by atoms with Crippen LogP contribution in [0.4, 0.5) is 0 Å². The number of aromatic nitrogens is 2. The number of carbonyl (C=O) groups is 2. The highest BCUT2D eigenvalue weighted by molar-refractivity contribution is 6.30. The van der Waals surface area contributed by atoms with E-state index in [1.54, 1.807) is 41.0 Å². The summed E-state index contributed by atoms with van der Waals surface area (Å²) in [6, 6.07) is 7.24. The highest BCUT2D eigenvalue weighted by Gasteiger charge is 2.50. The average Bonchev–Trinajstić information content (AvgIpc) is 3.15. The molecule has 0 spiro atoms. The quantitative estimate of drug-likeness (QED) is 0.582. The van der Waals surface area contributed by atoms with E-state index in [9.17, 15) is 14.4 Å². The lowest BCUT2D eigenvalue weighted by atomic mass is 9.84. The van der Waals surface area contributed by atoms with Gasteiger partial charge in [0.15, 0.2) is 0 Å². The van der Waals surface area contributed by atoms with Crippen LogP contribution in [0.25, 0.3) is 0 Å². The fourth-order valence-electron chi connectivity index (χ4n) is 3.65.